The molecule has 2 N–H and O–H groups in total. The van der Waals surface area contributed by atoms with Gasteiger partial charge >= 0.3 is 0 Å². The van der Waals surface area contributed by atoms with E-state index in [0.717, 1.165) is 31.3 Å². The molecule has 0 spiro atoms. The van der Waals surface area contributed by atoms with Crippen LogP contribution in [0.4, 0.5) is 0 Å². The van der Waals surface area contributed by atoms with Crippen molar-refractivity contribution in [1.82, 2.24) is 0 Å². The summed E-state index contributed by atoms with van der Waals surface area (Å²) in [5.41, 5.74) is 4.88. The van der Waals surface area contributed by atoms with Crippen molar-refractivity contribution in [3.05, 3.63) is 34.4 Å². The molecule has 0 aromatic carbocycles. The van der Waals surface area contributed by atoms with Crippen molar-refractivity contribution in [3.8, 4) is 0 Å². The molecule has 2 aliphatic rings. The van der Waals surface area contributed by atoms with Crippen LogP contribution in [0.25, 0.3) is 0 Å². The topological polar surface area (TPSA) is 49.7 Å². The number of rotatable bonds is 6. The number of hydrogen-bond donors (Lipinski definition) is 2. The van der Waals surface area contributed by atoms with Gasteiger partial charge in [-0.05, 0) is 80.9 Å². The van der Waals surface area contributed by atoms with E-state index in [1.54, 1.807) is 7.11 Å². The van der Waals surface area contributed by atoms with E-state index in [1.165, 1.54) is 16.7 Å². The van der Waals surface area contributed by atoms with Crippen molar-refractivity contribution in [2.45, 2.75) is 65.6 Å². The zero-order chi connectivity index (χ0) is 17.9. The van der Waals surface area contributed by atoms with Crippen LogP contribution < -0.4 is 0 Å². The molecule has 2 rings (SSSR count). The van der Waals surface area contributed by atoms with Crippen LogP contribution in [0, 0.1) is 17.8 Å². The van der Waals surface area contributed by atoms with Crippen LogP contribution >= 0.6 is 0 Å². The van der Waals surface area contributed by atoms with Gasteiger partial charge in [0.15, 0.2) is 0 Å². The Kier molecular flexibility index (Phi) is 6.85. The van der Waals surface area contributed by atoms with Crippen molar-refractivity contribution in [1.29, 1.82) is 0 Å². The summed E-state index contributed by atoms with van der Waals surface area (Å²) in [4.78, 5) is 0. The molecule has 2 aliphatic carbocycles. The van der Waals surface area contributed by atoms with Gasteiger partial charge in [0, 0.05) is 13.7 Å². The Morgan fingerprint density at radius 2 is 2.08 bits per heavy atom. The highest BCUT2D eigenvalue weighted by Gasteiger charge is 2.39. The van der Waals surface area contributed by atoms with Gasteiger partial charge in [-0.3, -0.25) is 0 Å². The molecule has 24 heavy (non-hydrogen) atoms. The smallest absolute Gasteiger partial charge is 0.109 e. The maximum Gasteiger partial charge on any atom is 0.109 e. The molecule has 3 heteroatoms. The molecule has 0 aromatic heterocycles. The summed E-state index contributed by atoms with van der Waals surface area (Å²) < 4.78 is 5.67. The van der Waals surface area contributed by atoms with Crippen LogP contribution in [-0.4, -0.2) is 36.1 Å². The van der Waals surface area contributed by atoms with Crippen LogP contribution in [0.15, 0.2) is 34.4 Å². The lowest BCUT2D eigenvalue weighted by molar-refractivity contribution is 0.0173. The summed E-state index contributed by atoms with van der Waals surface area (Å²) in [6.45, 7) is 8.67. The van der Waals surface area contributed by atoms with Crippen molar-refractivity contribution in [2.75, 3.05) is 13.7 Å². The Hall–Kier alpha value is -0.900. The molecule has 3 nitrogen and oxygen atoms in total. The predicted molar refractivity (Wildman–Crippen MR) is 98.7 cm³/mol. The Morgan fingerprint density at radius 3 is 2.67 bits per heavy atom. The number of aliphatic hydroxyl groups excluding tert-OH is 2. The maximum absolute atomic E-state index is 10.5. The molecule has 0 bridgehead atoms. The average Bonchev–Trinajstić information content (AvgIpc) is 2.54. The number of aliphatic hydroxyl groups is 2. The highest BCUT2D eigenvalue weighted by Crippen LogP contribution is 2.45. The number of ether oxygens (including phenoxy) is 1. The van der Waals surface area contributed by atoms with E-state index in [9.17, 15) is 10.2 Å². The lowest BCUT2D eigenvalue weighted by Crippen LogP contribution is -2.40. The van der Waals surface area contributed by atoms with Gasteiger partial charge in [-0.15, -0.1) is 0 Å². The molecular weight excluding hydrogens is 300 g/mol. The summed E-state index contributed by atoms with van der Waals surface area (Å²) in [5.74, 6) is 1.07. The maximum atomic E-state index is 10.5. The molecule has 0 radical (unpaired) electrons. The van der Waals surface area contributed by atoms with E-state index < -0.39 is 6.10 Å². The second kappa shape index (κ2) is 8.46. The van der Waals surface area contributed by atoms with Gasteiger partial charge in [0.2, 0.25) is 0 Å². The van der Waals surface area contributed by atoms with Crippen molar-refractivity contribution in [2.24, 2.45) is 17.8 Å². The Bertz CT molecular complexity index is 525. The molecule has 0 amide bonds. The average molecular weight is 335 g/mol. The minimum absolute atomic E-state index is 0.222. The van der Waals surface area contributed by atoms with Gasteiger partial charge in [-0.25, -0.2) is 0 Å². The van der Waals surface area contributed by atoms with Gasteiger partial charge < -0.3 is 14.9 Å². The van der Waals surface area contributed by atoms with E-state index in [2.05, 4.69) is 32.9 Å². The fourth-order valence-electron chi connectivity index (χ4n) is 4.37. The number of allylic oxidation sites excluding steroid dienone is 4. The summed E-state index contributed by atoms with van der Waals surface area (Å²) in [7, 11) is 1.69. The fraction of sp³-hybridized carbons (Fsp3) is 0.714. The lowest BCUT2D eigenvalue weighted by atomic mass is 9.66. The van der Waals surface area contributed by atoms with Crippen molar-refractivity contribution < 1.29 is 14.9 Å². The van der Waals surface area contributed by atoms with E-state index in [4.69, 9.17) is 4.74 Å². The summed E-state index contributed by atoms with van der Waals surface area (Å²) >= 11 is 0. The van der Waals surface area contributed by atoms with Crippen LogP contribution in [0.5, 0.6) is 0 Å². The normalized spacial score (nSPS) is 31.4. The van der Waals surface area contributed by atoms with Crippen LogP contribution in [0.1, 0.15) is 53.4 Å². The van der Waals surface area contributed by atoms with Crippen molar-refractivity contribution in [3.63, 3.8) is 0 Å². The summed E-state index contributed by atoms with van der Waals surface area (Å²) in [5, 5.41) is 20.5. The third-order valence-electron chi connectivity index (χ3n) is 5.76. The van der Waals surface area contributed by atoms with Gasteiger partial charge in [0.05, 0.1) is 0 Å². The Labute approximate surface area is 147 Å². The third kappa shape index (κ3) is 4.01. The quantitative estimate of drug-likeness (QED) is 0.721. The van der Waals surface area contributed by atoms with E-state index in [-0.39, 0.29) is 18.6 Å². The fourth-order valence-corrected chi connectivity index (χ4v) is 4.37. The minimum Gasteiger partial charge on any atom is -0.396 e. The summed E-state index contributed by atoms with van der Waals surface area (Å²) in [6, 6.07) is 0. The molecule has 0 aliphatic heterocycles. The Balaban J connectivity index is 2.31. The molecule has 0 aromatic rings. The van der Waals surface area contributed by atoms with Gasteiger partial charge in [-0.2, -0.15) is 0 Å². The molecule has 3 unspecified atom stereocenters. The zero-order valence-corrected chi connectivity index (χ0v) is 15.9. The predicted octanol–water partition coefficient (Wildman–Crippen LogP) is 4.02. The summed E-state index contributed by atoms with van der Waals surface area (Å²) in [6.07, 6.45) is 7.87. The highest BCUT2D eigenvalue weighted by molar-refractivity contribution is 5.43. The molecule has 0 fully saturated rings. The monoisotopic (exact) mass is 334 g/mol. The Morgan fingerprint density at radius 1 is 1.38 bits per heavy atom. The van der Waals surface area contributed by atoms with E-state index in [1.807, 2.05) is 6.92 Å². The first-order valence-electron chi connectivity index (χ1n) is 9.27. The van der Waals surface area contributed by atoms with Gasteiger partial charge in [0.25, 0.3) is 0 Å². The zero-order valence-electron chi connectivity index (χ0n) is 15.9. The molecule has 5 atom stereocenters. The lowest BCUT2D eigenvalue weighted by Gasteiger charge is -2.42. The highest BCUT2D eigenvalue weighted by atomic mass is 16.5. The minimum atomic E-state index is -0.548. The molecule has 136 valence electrons. The van der Waals surface area contributed by atoms with E-state index >= 15 is 0 Å². The number of methoxy groups -OCH3 is 1. The molecular formula is C21H34O3. The van der Waals surface area contributed by atoms with Gasteiger partial charge in [-0.1, -0.05) is 24.6 Å². The second-order valence-electron chi connectivity index (χ2n) is 7.79. The first-order chi connectivity index (χ1) is 11.4. The first-order valence-corrected chi connectivity index (χ1v) is 9.27. The van der Waals surface area contributed by atoms with Crippen LogP contribution in [0.3, 0.4) is 0 Å². The largest absolute Gasteiger partial charge is 0.396 e. The molecule has 0 saturated heterocycles. The van der Waals surface area contributed by atoms with E-state index in [0.29, 0.717) is 11.8 Å². The SMILES string of the molecule is COC1C2=C(C=C(C)C1O)C([C@@H](CO)CCC=C(C)C)CC[C@H]2C. The van der Waals surface area contributed by atoms with Crippen LogP contribution in [-0.2, 0) is 4.74 Å². The third-order valence-corrected chi connectivity index (χ3v) is 5.76. The number of hydrogen-bond acceptors (Lipinski definition) is 3. The molecule has 0 saturated carbocycles. The second-order valence-corrected chi connectivity index (χ2v) is 7.79. The van der Waals surface area contributed by atoms with Gasteiger partial charge in [0.1, 0.15) is 12.2 Å². The first kappa shape index (κ1) is 19.4. The molecule has 0 heterocycles. The van der Waals surface area contributed by atoms with Crippen molar-refractivity contribution >= 4 is 0 Å². The standard InChI is InChI=1S/C21H34O3/c1-13(2)7-6-8-16(12-22)17-10-9-14(3)19-18(17)11-15(4)20(23)21(19)24-5/h7,11,14,16-17,20-23H,6,8-10,12H2,1-5H3/t14-,16-,17?,20?,21?/m1/s1. The van der Waals surface area contributed by atoms with Crippen LogP contribution in [0.2, 0.25) is 0 Å².